The molecular formula is C24H37N3O4S. The smallest absolute Gasteiger partial charge is 0.317 e. The van der Waals surface area contributed by atoms with Crippen molar-refractivity contribution in [3.05, 3.63) is 35.9 Å². The van der Waals surface area contributed by atoms with E-state index in [1.54, 1.807) is 4.90 Å². The molecule has 0 unspecified atom stereocenters. The largest absolute Gasteiger partial charge is 0.376 e. The molecule has 2 atom stereocenters. The van der Waals surface area contributed by atoms with E-state index in [9.17, 15) is 13.2 Å². The van der Waals surface area contributed by atoms with Crippen LogP contribution in [0.2, 0.25) is 0 Å². The van der Waals surface area contributed by atoms with Gasteiger partial charge >= 0.3 is 6.03 Å². The Kier molecular flexibility index (Phi) is 7.74. The highest BCUT2D eigenvalue weighted by molar-refractivity contribution is 7.88. The lowest BCUT2D eigenvalue weighted by Crippen LogP contribution is -2.52. The molecule has 1 aromatic rings. The summed E-state index contributed by atoms with van der Waals surface area (Å²) in [6.07, 6.45) is 9.71. The normalized spacial score (nSPS) is 29.0. The number of likely N-dealkylation sites (tertiary alicyclic amines) is 1. The number of rotatable bonds is 8. The Balaban J connectivity index is 1.31. The van der Waals surface area contributed by atoms with Crippen molar-refractivity contribution in [2.45, 2.75) is 75.5 Å². The van der Waals surface area contributed by atoms with Crippen LogP contribution < -0.4 is 10.0 Å². The lowest BCUT2D eigenvalue weighted by Gasteiger charge is -2.33. The Morgan fingerprint density at radius 1 is 1.06 bits per heavy atom. The summed E-state index contributed by atoms with van der Waals surface area (Å²) in [5, 5.41) is 3.06. The molecular weight excluding hydrogens is 426 g/mol. The molecule has 0 aromatic heterocycles. The highest BCUT2D eigenvalue weighted by atomic mass is 32.2. The van der Waals surface area contributed by atoms with Gasteiger partial charge in [0.05, 0.1) is 25.0 Å². The zero-order chi connectivity index (χ0) is 22.6. The fraction of sp³-hybridized carbons (Fsp3) is 0.708. The van der Waals surface area contributed by atoms with Gasteiger partial charge in [-0.3, -0.25) is 0 Å². The van der Waals surface area contributed by atoms with Gasteiger partial charge < -0.3 is 15.0 Å². The molecule has 2 amide bonds. The Morgan fingerprint density at radius 2 is 1.78 bits per heavy atom. The third-order valence-electron chi connectivity index (χ3n) is 7.39. The fourth-order valence-corrected chi connectivity index (χ4v) is 6.10. The second kappa shape index (κ2) is 10.5. The summed E-state index contributed by atoms with van der Waals surface area (Å²) in [6, 6.07) is 9.95. The molecule has 1 aromatic carbocycles. The molecule has 178 valence electrons. The second-order valence-electron chi connectivity index (χ2n) is 9.75. The van der Waals surface area contributed by atoms with Crippen molar-refractivity contribution < 1.29 is 17.9 Å². The topological polar surface area (TPSA) is 87.7 Å². The van der Waals surface area contributed by atoms with E-state index < -0.39 is 10.0 Å². The lowest BCUT2D eigenvalue weighted by atomic mass is 9.83. The molecule has 3 aliphatic rings. The summed E-state index contributed by atoms with van der Waals surface area (Å²) in [5.41, 5.74) is 1.40. The van der Waals surface area contributed by atoms with E-state index >= 15 is 0 Å². The van der Waals surface area contributed by atoms with Crippen LogP contribution in [-0.2, 0) is 14.8 Å². The van der Waals surface area contributed by atoms with Crippen molar-refractivity contribution in [2.75, 3.05) is 26.0 Å². The van der Waals surface area contributed by atoms with Crippen LogP contribution in [-0.4, -0.2) is 63.5 Å². The van der Waals surface area contributed by atoms with Crippen molar-refractivity contribution in [1.82, 2.24) is 14.9 Å². The molecule has 8 heteroatoms. The summed E-state index contributed by atoms with van der Waals surface area (Å²) in [4.78, 5) is 14.6. The number of amides is 2. The maximum atomic E-state index is 12.8. The fourth-order valence-electron chi connectivity index (χ4n) is 5.28. The quantitative estimate of drug-likeness (QED) is 0.620. The molecule has 1 aliphatic heterocycles. The first kappa shape index (κ1) is 23.5. The third-order valence-corrected chi connectivity index (χ3v) is 8.12. The van der Waals surface area contributed by atoms with Gasteiger partial charge in [0.2, 0.25) is 10.0 Å². The molecule has 1 heterocycles. The molecule has 2 N–H and O–H groups in total. The van der Waals surface area contributed by atoms with Crippen LogP contribution in [0, 0.1) is 5.92 Å². The molecule has 0 bridgehead atoms. The van der Waals surface area contributed by atoms with Crippen LogP contribution in [0.3, 0.4) is 0 Å². The first-order chi connectivity index (χ1) is 15.4. The molecule has 2 saturated carbocycles. The highest BCUT2D eigenvalue weighted by Crippen LogP contribution is 2.34. The standard InChI is InChI=1S/C24H37N3O4S/c1-32(29,30)26-22-14-15-27(24(28)25-16-18-6-5-7-18)23(22)17-31-21-12-10-20(11-13-21)19-8-3-2-4-9-19/h2-4,8-9,18,20-23,26H,5-7,10-17H2,1H3,(H,25,28)/t20?,21?,22-,23-/m1/s1. The maximum absolute atomic E-state index is 12.8. The minimum atomic E-state index is -3.36. The molecule has 0 spiro atoms. The second-order valence-corrected chi connectivity index (χ2v) is 11.5. The van der Waals surface area contributed by atoms with Crippen LogP contribution in [0.1, 0.15) is 62.8 Å². The predicted octanol–water partition coefficient (Wildman–Crippen LogP) is 3.23. The number of hydrogen-bond acceptors (Lipinski definition) is 4. The number of carbonyl (C=O) groups excluding carboxylic acids is 1. The van der Waals surface area contributed by atoms with Gasteiger partial charge in [0.1, 0.15) is 0 Å². The summed E-state index contributed by atoms with van der Waals surface area (Å²) >= 11 is 0. The number of carbonyl (C=O) groups is 1. The average Bonchev–Trinajstić information content (AvgIpc) is 3.13. The molecule has 32 heavy (non-hydrogen) atoms. The van der Waals surface area contributed by atoms with E-state index in [0.717, 1.165) is 25.7 Å². The van der Waals surface area contributed by atoms with E-state index in [2.05, 4.69) is 40.4 Å². The number of benzene rings is 1. The third kappa shape index (κ3) is 6.23. The van der Waals surface area contributed by atoms with Gasteiger partial charge in [-0.1, -0.05) is 36.8 Å². The molecule has 0 radical (unpaired) electrons. The van der Waals surface area contributed by atoms with Gasteiger partial charge in [-0.25, -0.2) is 17.9 Å². The van der Waals surface area contributed by atoms with Crippen LogP contribution in [0.5, 0.6) is 0 Å². The molecule has 7 nitrogen and oxygen atoms in total. The summed E-state index contributed by atoms with van der Waals surface area (Å²) in [7, 11) is -3.36. The Morgan fingerprint density at radius 3 is 2.41 bits per heavy atom. The summed E-state index contributed by atoms with van der Waals surface area (Å²) in [6.45, 7) is 1.61. The van der Waals surface area contributed by atoms with E-state index in [0.29, 0.717) is 38.0 Å². The van der Waals surface area contributed by atoms with E-state index in [-0.39, 0.29) is 24.2 Å². The van der Waals surface area contributed by atoms with E-state index in [1.165, 1.54) is 31.1 Å². The summed E-state index contributed by atoms with van der Waals surface area (Å²) < 4.78 is 32.8. The number of ether oxygens (including phenoxy) is 1. The minimum Gasteiger partial charge on any atom is -0.376 e. The highest BCUT2D eigenvalue weighted by Gasteiger charge is 2.39. The first-order valence-electron chi connectivity index (χ1n) is 12.1. The van der Waals surface area contributed by atoms with Crippen molar-refractivity contribution in [2.24, 2.45) is 5.92 Å². The predicted molar refractivity (Wildman–Crippen MR) is 125 cm³/mol. The zero-order valence-electron chi connectivity index (χ0n) is 19.0. The van der Waals surface area contributed by atoms with Crippen molar-refractivity contribution in [3.8, 4) is 0 Å². The van der Waals surface area contributed by atoms with Gasteiger partial charge in [0.15, 0.2) is 0 Å². The maximum Gasteiger partial charge on any atom is 0.317 e. The molecule has 4 rings (SSSR count). The number of sulfonamides is 1. The average molecular weight is 464 g/mol. The lowest BCUT2D eigenvalue weighted by molar-refractivity contribution is -0.000733. The van der Waals surface area contributed by atoms with Crippen LogP contribution >= 0.6 is 0 Å². The van der Waals surface area contributed by atoms with Gasteiger partial charge in [-0.15, -0.1) is 0 Å². The number of nitrogens with one attached hydrogen (secondary N) is 2. The Hall–Kier alpha value is -1.64. The van der Waals surface area contributed by atoms with Crippen molar-refractivity contribution >= 4 is 16.1 Å². The number of urea groups is 1. The van der Waals surface area contributed by atoms with Crippen molar-refractivity contribution in [3.63, 3.8) is 0 Å². The van der Waals surface area contributed by atoms with Gasteiger partial charge in [-0.2, -0.15) is 0 Å². The molecule has 1 saturated heterocycles. The van der Waals surface area contributed by atoms with Crippen LogP contribution in [0.4, 0.5) is 4.79 Å². The monoisotopic (exact) mass is 463 g/mol. The minimum absolute atomic E-state index is 0.101. The SMILES string of the molecule is CS(=O)(=O)N[C@@H]1CCN(C(=O)NCC2CCC2)[C@@H]1COC1CCC(c2ccccc2)CC1. The number of hydrogen-bond donors (Lipinski definition) is 2. The van der Waals surface area contributed by atoms with E-state index in [4.69, 9.17) is 4.74 Å². The zero-order valence-corrected chi connectivity index (χ0v) is 19.9. The van der Waals surface area contributed by atoms with Crippen LogP contribution in [0.15, 0.2) is 30.3 Å². The van der Waals surface area contributed by atoms with Gasteiger partial charge in [-0.05, 0) is 62.3 Å². The Bertz CT molecular complexity index is 851. The van der Waals surface area contributed by atoms with Crippen molar-refractivity contribution in [1.29, 1.82) is 0 Å². The molecule has 3 fully saturated rings. The van der Waals surface area contributed by atoms with Gasteiger partial charge in [0, 0.05) is 19.1 Å². The Labute approximate surface area is 192 Å². The first-order valence-corrected chi connectivity index (χ1v) is 14.0. The number of nitrogens with zero attached hydrogens (tertiary/aromatic N) is 1. The van der Waals surface area contributed by atoms with Crippen LogP contribution in [0.25, 0.3) is 0 Å². The molecule has 2 aliphatic carbocycles. The van der Waals surface area contributed by atoms with E-state index in [1.807, 2.05) is 0 Å². The van der Waals surface area contributed by atoms with Gasteiger partial charge in [0.25, 0.3) is 0 Å². The summed E-state index contributed by atoms with van der Waals surface area (Å²) in [5.74, 6) is 1.16.